The fourth-order valence-electron chi connectivity index (χ4n) is 3.61. The molecule has 2 aromatic rings. The van der Waals surface area contributed by atoms with Gasteiger partial charge in [0.15, 0.2) is 0 Å². The average molecular weight is 459 g/mol. The molecule has 3 rings (SSSR count). The van der Waals surface area contributed by atoms with Crippen molar-refractivity contribution in [3.63, 3.8) is 0 Å². The molecular weight excluding hydrogens is 436 g/mol. The fraction of sp³-hybridized carbons (Fsp3) is 0.304. The number of Topliss-reactive ketones (excluding diaryl/α,β-unsaturated/α-hetero) is 1. The average Bonchev–Trinajstić information content (AvgIpc) is 3.01. The van der Waals surface area contributed by atoms with Crippen molar-refractivity contribution in [2.45, 2.75) is 32.4 Å². The zero-order chi connectivity index (χ0) is 23.4. The molecule has 2 aromatic carbocycles. The highest BCUT2D eigenvalue weighted by Crippen LogP contribution is 2.42. The van der Waals surface area contributed by atoms with Gasteiger partial charge < -0.3 is 14.7 Å². The number of benzene rings is 2. The Kier molecular flexibility index (Phi) is 7.27. The van der Waals surface area contributed by atoms with Crippen LogP contribution in [0.5, 0.6) is 0 Å². The van der Waals surface area contributed by atoms with Gasteiger partial charge in [-0.05, 0) is 31.9 Å². The lowest BCUT2D eigenvalue weighted by Gasteiger charge is -2.26. The van der Waals surface area contributed by atoms with Crippen LogP contribution in [0.25, 0.3) is 5.76 Å². The van der Waals surface area contributed by atoms with Crippen LogP contribution in [0.3, 0.4) is 0 Å². The molecule has 0 unspecified atom stereocenters. The third-order valence-electron chi connectivity index (χ3n) is 5.06. The second-order valence-corrected chi connectivity index (χ2v) is 8.00. The van der Waals surface area contributed by atoms with Crippen molar-refractivity contribution in [2.75, 3.05) is 13.2 Å². The van der Waals surface area contributed by atoms with Crippen LogP contribution in [0, 0.1) is 10.1 Å². The Labute approximate surface area is 190 Å². The molecule has 9 heteroatoms. The van der Waals surface area contributed by atoms with Crippen LogP contribution in [-0.4, -0.2) is 45.9 Å². The maximum atomic E-state index is 13.0. The lowest BCUT2D eigenvalue weighted by molar-refractivity contribution is -0.384. The second kappa shape index (κ2) is 9.93. The summed E-state index contributed by atoms with van der Waals surface area (Å²) >= 11 is 6.38. The minimum atomic E-state index is -0.929. The van der Waals surface area contributed by atoms with Gasteiger partial charge >= 0.3 is 0 Å². The number of halogens is 1. The Bertz CT molecular complexity index is 1080. The highest BCUT2D eigenvalue weighted by atomic mass is 35.5. The summed E-state index contributed by atoms with van der Waals surface area (Å²) in [6.45, 7) is 4.39. The van der Waals surface area contributed by atoms with Gasteiger partial charge in [-0.1, -0.05) is 41.9 Å². The molecule has 32 heavy (non-hydrogen) atoms. The summed E-state index contributed by atoms with van der Waals surface area (Å²) in [6.07, 6.45) is 0.502. The first kappa shape index (κ1) is 23.4. The Morgan fingerprint density at radius 1 is 1.22 bits per heavy atom. The summed E-state index contributed by atoms with van der Waals surface area (Å²) in [6, 6.07) is 11.1. The van der Waals surface area contributed by atoms with Gasteiger partial charge in [0.1, 0.15) is 5.76 Å². The maximum absolute atomic E-state index is 13.0. The van der Waals surface area contributed by atoms with Gasteiger partial charge in [0.2, 0.25) is 0 Å². The zero-order valence-corrected chi connectivity index (χ0v) is 18.4. The number of rotatable bonds is 8. The first-order chi connectivity index (χ1) is 15.2. The molecule has 1 aliphatic heterocycles. The molecule has 1 amide bonds. The van der Waals surface area contributed by atoms with Crippen molar-refractivity contribution in [3.8, 4) is 0 Å². The number of nitro benzene ring substituents is 1. The number of aliphatic hydroxyl groups is 1. The van der Waals surface area contributed by atoms with E-state index in [1.807, 2.05) is 13.8 Å². The lowest BCUT2D eigenvalue weighted by Crippen LogP contribution is -2.31. The number of nitro groups is 1. The predicted octanol–water partition coefficient (Wildman–Crippen LogP) is 4.49. The molecule has 0 saturated carbocycles. The van der Waals surface area contributed by atoms with E-state index in [0.717, 1.165) is 6.07 Å². The SMILES string of the molecule is CC(C)OCCCN1C(=O)C(=O)C(=C(O)c2cccc([N+](=O)[O-])c2)[C@@H]1c1ccccc1Cl. The maximum Gasteiger partial charge on any atom is 0.295 e. The molecule has 0 spiro atoms. The summed E-state index contributed by atoms with van der Waals surface area (Å²) in [5.74, 6) is -2.13. The molecule has 1 N–H and O–H groups in total. The molecule has 168 valence electrons. The Morgan fingerprint density at radius 2 is 1.94 bits per heavy atom. The summed E-state index contributed by atoms with van der Waals surface area (Å²) in [5, 5.41) is 22.5. The van der Waals surface area contributed by atoms with E-state index in [0.29, 0.717) is 23.6 Å². The highest BCUT2D eigenvalue weighted by Gasteiger charge is 2.46. The van der Waals surface area contributed by atoms with Crippen LogP contribution in [0.15, 0.2) is 54.1 Å². The molecule has 1 fully saturated rings. The van der Waals surface area contributed by atoms with E-state index >= 15 is 0 Å². The molecule has 8 nitrogen and oxygen atoms in total. The highest BCUT2D eigenvalue weighted by molar-refractivity contribution is 6.47. The number of non-ortho nitro benzene ring substituents is 1. The largest absolute Gasteiger partial charge is 0.507 e. The van der Waals surface area contributed by atoms with Crippen LogP contribution < -0.4 is 0 Å². The fourth-order valence-corrected chi connectivity index (χ4v) is 3.85. The Balaban J connectivity index is 2.08. The number of nitrogens with zero attached hydrogens (tertiary/aromatic N) is 2. The monoisotopic (exact) mass is 458 g/mol. The topological polar surface area (TPSA) is 110 Å². The number of ketones is 1. The van der Waals surface area contributed by atoms with Gasteiger partial charge in [0.25, 0.3) is 17.4 Å². The Hall–Kier alpha value is -3.23. The van der Waals surface area contributed by atoms with Gasteiger partial charge in [0, 0.05) is 35.9 Å². The van der Waals surface area contributed by atoms with E-state index in [1.54, 1.807) is 24.3 Å². The normalized spacial score (nSPS) is 17.9. The predicted molar refractivity (Wildman–Crippen MR) is 119 cm³/mol. The quantitative estimate of drug-likeness (QED) is 0.156. The summed E-state index contributed by atoms with van der Waals surface area (Å²) in [4.78, 5) is 37.8. The van der Waals surface area contributed by atoms with Gasteiger partial charge in [-0.2, -0.15) is 0 Å². The number of amides is 1. The lowest BCUT2D eigenvalue weighted by atomic mass is 9.95. The van der Waals surface area contributed by atoms with E-state index in [1.165, 1.54) is 23.1 Å². The van der Waals surface area contributed by atoms with Crippen LogP contribution in [-0.2, 0) is 14.3 Å². The first-order valence-electron chi connectivity index (χ1n) is 10.1. The summed E-state index contributed by atoms with van der Waals surface area (Å²) < 4.78 is 5.53. The number of carbonyl (C=O) groups excluding carboxylic acids is 2. The molecule has 1 atom stereocenters. The molecule has 1 aliphatic rings. The molecular formula is C23H23ClN2O6. The number of aliphatic hydroxyl groups excluding tert-OH is 1. The van der Waals surface area contributed by atoms with Crippen molar-refractivity contribution < 1.29 is 24.4 Å². The van der Waals surface area contributed by atoms with Crippen molar-refractivity contribution in [1.29, 1.82) is 0 Å². The molecule has 0 radical (unpaired) electrons. The van der Waals surface area contributed by atoms with Crippen molar-refractivity contribution in [2.24, 2.45) is 0 Å². The van der Waals surface area contributed by atoms with Gasteiger partial charge in [-0.3, -0.25) is 19.7 Å². The zero-order valence-electron chi connectivity index (χ0n) is 17.7. The van der Waals surface area contributed by atoms with Crippen LogP contribution in [0.4, 0.5) is 5.69 Å². The Morgan fingerprint density at radius 3 is 2.59 bits per heavy atom. The third-order valence-corrected chi connectivity index (χ3v) is 5.41. The van der Waals surface area contributed by atoms with Gasteiger partial charge in [-0.15, -0.1) is 0 Å². The molecule has 1 heterocycles. The molecule has 0 bridgehead atoms. The van der Waals surface area contributed by atoms with Gasteiger partial charge in [0.05, 0.1) is 22.6 Å². The molecule has 0 aromatic heterocycles. The van der Waals surface area contributed by atoms with Crippen LogP contribution in [0.1, 0.15) is 37.4 Å². The van der Waals surface area contributed by atoms with Crippen molar-refractivity contribution >= 4 is 34.7 Å². The minimum Gasteiger partial charge on any atom is -0.507 e. The van der Waals surface area contributed by atoms with E-state index in [2.05, 4.69) is 0 Å². The van der Waals surface area contributed by atoms with Crippen LogP contribution in [0.2, 0.25) is 5.02 Å². The summed E-state index contributed by atoms with van der Waals surface area (Å²) in [7, 11) is 0. The number of ether oxygens (including phenoxy) is 1. The molecule has 0 aliphatic carbocycles. The number of hydrogen-bond acceptors (Lipinski definition) is 6. The summed E-state index contributed by atoms with van der Waals surface area (Å²) in [5.41, 5.74) is 0.138. The van der Waals surface area contributed by atoms with Crippen molar-refractivity contribution in [3.05, 3.63) is 80.4 Å². The molecule has 1 saturated heterocycles. The van der Waals surface area contributed by atoms with E-state index in [-0.39, 0.29) is 29.5 Å². The third kappa shape index (κ3) is 4.81. The van der Waals surface area contributed by atoms with Gasteiger partial charge in [-0.25, -0.2) is 0 Å². The van der Waals surface area contributed by atoms with Crippen LogP contribution >= 0.6 is 11.6 Å². The second-order valence-electron chi connectivity index (χ2n) is 7.59. The number of carbonyl (C=O) groups is 2. The van der Waals surface area contributed by atoms with Crippen molar-refractivity contribution in [1.82, 2.24) is 4.90 Å². The number of likely N-dealkylation sites (tertiary alicyclic amines) is 1. The first-order valence-corrected chi connectivity index (χ1v) is 10.5. The minimum absolute atomic E-state index is 0.0265. The standard InChI is InChI=1S/C23H23ClN2O6/c1-14(2)32-12-6-11-25-20(17-9-3-4-10-18(17)24)19(22(28)23(25)29)21(27)15-7-5-8-16(13-15)26(30)31/h3-5,7-10,13-14,20,27H,6,11-12H2,1-2H3/t20-/m0/s1. The van der Waals surface area contributed by atoms with E-state index in [9.17, 15) is 24.8 Å². The number of hydrogen-bond donors (Lipinski definition) is 1. The van der Waals surface area contributed by atoms with E-state index in [4.69, 9.17) is 16.3 Å². The smallest absolute Gasteiger partial charge is 0.295 e. The van der Waals surface area contributed by atoms with E-state index < -0.39 is 28.4 Å².